The van der Waals surface area contributed by atoms with Gasteiger partial charge in [-0.05, 0) is 11.1 Å². The molecule has 0 unspecified atom stereocenters. The number of phosphoric ester groups is 1. The third kappa shape index (κ3) is 9.02. The summed E-state index contributed by atoms with van der Waals surface area (Å²) in [5.41, 5.74) is 2.55. The van der Waals surface area contributed by atoms with Crippen molar-refractivity contribution in [2.75, 3.05) is 13.2 Å². The average Bonchev–Trinajstić information content (AvgIpc) is 2.60. The van der Waals surface area contributed by atoms with Crippen molar-refractivity contribution in [2.24, 2.45) is 0 Å². The molecule has 6 nitrogen and oxygen atoms in total. The van der Waals surface area contributed by atoms with Crippen molar-refractivity contribution in [3.05, 3.63) is 73.3 Å². The maximum atomic E-state index is 10.3. The molecule has 0 fully saturated rings. The molecule has 2 aromatic rings. The molecular formula is C17H19O6P. The second-order valence-electron chi connectivity index (χ2n) is 4.43. The van der Waals surface area contributed by atoms with Crippen LogP contribution < -0.4 is 0 Å². The third-order valence-corrected chi connectivity index (χ3v) is 3.15. The van der Waals surface area contributed by atoms with E-state index in [1.54, 1.807) is 0 Å². The SMILES string of the molecule is C=CC(=O)OCCOP(=O)(O)O.c1ccc(-c2ccccc2)cc1. The van der Waals surface area contributed by atoms with Crippen LogP contribution in [0.25, 0.3) is 11.1 Å². The minimum Gasteiger partial charge on any atom is -0.460 e. The lowest BCUT2D eigenvalue weighted by Crippen LogP contribution is -2.07. The monoisotopic (exact) mass is 350 g/mol. The number of hydrogen-bond donors (Lipinski definition) is 2. The van der Waals surface area contributed by atoms with Crippen LogP contribution in [-0.4, -0.2) is 29.0 Å². The number of benzene rings is 2. The van der Waals surface area contributed by atoms with Crippen LogP contribution in [0.3, 0.4) is 0 Å². The van der Waals surface area contributed by atoms with Crippen molar-refractivity contribution in [3.63, 3.8) is 0 Å². The second kappa shape index (κ2) is 10.5. The van der Waals surface area contributed by atoms with Crippen LogP contribution in [0.4, 0.5) is 0 Å². The Balaban J connectivity index is 0.000000240. The minimum absolute atomic E-state index is 0.212. The zero-order chi connectivity index (χ0) is 17.8. The number of ether oxygens (including phenoxy) is 1. The summed E-state index contributed by atoms with van der Waals surface area (Å²) in [6.07, 6.45) is 0.942. The summed E-state index contributed by atoms with van der Waals surface area (Å²) in [7, 11) is -4.45. The summed E-state index contributed by atoms with van der Waals surface area (Å²) in [5, 5.41) is 0. The average molecular weight is 350 g/mol. The highest BCUT2D eigenvalue weighted by atomic mass is 31.2. The first-order valence-corrected chi connectivity index (χ1v) is 8.55. The number of hydrogen-bond acceptors (Lipinski definition) is 4. The van der Waals surface area contributed by atoms with Gasteiger partial charge >= 0.3 is 13.8 Å². The molecule has 0 amide bonds. The molecule has 0 bridgehead atoms. The summed E-state index contributed by atoms with van der Waals surface area (Å²) in [5.74, 6) is -0.663. The van der Waals surface area contributed by atoms with Gasteiger partial charge in [0.05, 0.1) is 6.61 Å². The van der Waals surface area contributed by atoms with E-state index in [1.165, 1.54) is 11.1 Å². The zero-order valence-corrected chi connectivity index (χ0v) is 13.8. The van der Waals surface area contributed by atoms with Gasteiger partial charge in [0.1, 0.15) is 6.61 Å². The van der Waals surface area contributed by atoms with Gasteiger partial charge in [-0.25, -0.2) is 9.36 Å². The van der Waals surface area contributed by atoms with Crippen LogP contribution in [-0.2, 0) is 18.6 Å². The van der Waals surface area contributed by atoms with Crippen LogP contribution >= 0.6 is 7.82 Å². The molecule has 24 heavy (non-hydrogen) atoms. The number of phosphoric acid groups is 1. The van der Waals surface area contributed by atoms with Crippen molar-refractivity contribution in [2.45, 2.75) is 0 Å². The second-order valence-corrected chi connectivity index (χ2v) is 5.67. The third-order valence-electron chi connectivity index (χ3n) is 2.63. The van der Waals surface area contributed by atoms with E-state index in [4.69, 9.17) is 9.79 Å². The zero-order valence-electron chi connectivity index (χ0n) is 12.9. The van der Waals surface area contributed by atoms with Crippen LogP contribution in [0.1, 0.15) is 0 Å². The van der Waals surface area contributed by atoms with Gasteiger partial charge in [0, 0.05) is 6.08 Å². The number of carbonyl (C=O) groups excluding carboxylic acids is 1. The first-order valence-electron chi connectivity index (χ1n) is 7.02. The quantitative estimate of drug-likeness (QED) is 0.360. The van der Waals surface area contributed by atoms with Gasteiger partial charge < -0.3 is 14.5 Å². The fourth-order valence-corrected chi connectivity index (χ4v) is 1.93. The lowest BCUT2D eigenvalue weighted by Gasteiger charge is -2.04. The standard InChI is InChI=1S/C12H10.C5H9O6P/c1-3-7-11(8-4-1)12-9-5-2-6-10-12;1-2-5(6)10-3-4-11-12(7,8)9/h1-10H;2H,1,3-4H2,(H2,7,8,9). The Kier molecular flexibility index (Phi) is 8.68. The molecule has 2 rings (SSSR count). The van der Waals surface area contributed by atoms with Crippen molar-refractivity contribution in [3.8, 4) is 11.1 Å². The van der Waals surface area contributed by atoms with E-state index in [0.717, 1.165) is 6.08 Å². The fraction of sp³-hybridized carbons (Fsp3) is 0.118. The molecule has 0 saturated heterocycles. The molecule has 2 N–H and O–H groups in total. The summed E-state index contributed by atoms with van der Waals surface area (Å²) < 4.78 is 18.4. The molecule has 0 atom stereocenters. The molecule has 2 aromatic carbocycles. The number of carbonyl (C=O) groups is 1. The van der Waals surface area contributed by atoms with Crippen LogP contribution in [0, 0.1) is 0 Å². The summed E-state index contributed by atoms with van der Waals surface area (Å²) in [6, 6.07) is 20.8. The predicted octanol–water partition coefficient (Wildman–Crippen LogP) is 3.18. The molecular weight excluding hydrogens is 331 g/mol. The van der Waals surface area contributed by atoms with Crippen molar-refractivity contribution in [1.29, 1.82) is 0 Å². The first-order chi connectivity index (χ1) is 11.4. The molecule has 0 saturated carbocycles. The normalized spacial score (nSPS) is 10.2. The van der Waals surface area contributed by atoms with E-state index in [1.807, 2.05) is 12.1 Å². The summed E-state index contributed by atoms with van der Waals surface area (Å²) >= 11 is 0. The largest absolute Gasteiger partial charge is 0.469 e. The van der Waals surface area contributed by atoms with Gasteiger partial charge in [-0.3, -0.25) is 4.52 Å². The lowest BCUT2D eigenvalue weighted by molar-refractivity contribution is -0.138. The molecule has 7 heteroatoms. The number of esters is 1. The van der Waals surface area contributed by atoms with Crippen molar-refractivity contribution in [1.82, 2.24) is 0 Å². The topological polar surface area (TPSA) is 93.1 Å². The molecule has 0 radical (unpaired) electrons. The lowest BCUT2D eigenvalue weighted by atomic mass is 10.1. The van der Waals surface area contributed by atoms with E-state index in [9.17, 15) is 9.36 Å². The fourth-order valence-electron chi connectivity index (χ4n) is 1.62. The van der Waals surface area contributed by atoms with Crippen LogP contribution in [0.5, 0.6) is 0 Å². The molecule has 0 aromatic heterocycles. The van der Waals surface area contributed by atoms with Gasteiger partial charge in [0.2, 0.25) is 0 Å². The predicted molar refractivity (Wildman–Crippen MR) is 91.0 cm³/mol. The highest BCUT2D eigenvalue weighted by Crippen LogP contribution is 2.35. The van der Waals surface area contributed by atoms with Gasteiger partial charge in [-0.15, -0.1) is 0 Å². The molecule has 0 aliphatic heterocycles. The maximum absolute atomic E-state index is 10.3. The Morgan fingerprint density at radius 2 is 1.42 bits per heavy atom. The smallest absolute Gasteiger partial charge is 0.460 e. The van der Waals surface area contributed by atoms with Crippen molar-refractivity contribution >= 4 is 13.8 Å². The molecule has 0 heterocycles. The number of rotatable bonds is 6. The van der Waals surface area contributed by atoms with E-state index in [-0.39, 0.29) is 13.2 Å². The van der Waals surface area contributed by atoms with Crippen molar-refractivity contribution < 1.29 is 28.4 Å². The van der Waals surface area contributed by atoms with Gasteiger partial charge in [-0.2, -0.15) is 0 Å². The highest BCUT2D eigenvalue weighted by molar-refractivity contribution is 7.46. The van der Waals surface area contributed by atoms with Crippen LogP contribution in [0.2, 0.25) is 0 Å². The van der Waals surface area contributed by atoms with Gasteiger partial charge in [0.15, 0.2) is 0 Å². The molecule has 0 aliphatic carbocycles. The van der Waals surface area contributed by atoms with Crippen LogP contribution in [0.15, 0.2) is 73.3 Å². The summed E-state index contributed by atoms with van der Waals surface area (Å²) in [6.45, 7) is 2.56. The van der Waals surface area contributed by atoms with E-state index < -0.39 is 13.8 Å². The Morgan fingerprint density at radius 3 is 1.79 bits per heavy atom. The van der Waals surface area contributed by atoms with E-state index in [2.05, 4.69) is 64.4 Å². The minimum atomic E-state index is -4.45. The van der Waals surface area contributed by atoms with Gasteiger partial charge in [-0.1, -0.05) is 67.2 Å². The maximum Gasteiger partial charge on any atom is 0.469 e. The highest BCUT2D eigenvalue weighted by Gasteiger charge is 2.12. The van der Waals surface area contributed by atoms with E-state index >= 15 is 0 Å². The Hall–Kier alpha value is -2.24. The first kappa shape index (κ1) is 19.8. The Labute approximate surface area is 140 Å². The Bertz CT molecular complexity index is 628. The molecule has 0 spiro atoms. The molecule has 128 valence electrons. The molecule has 0 aliphatic rings. The van der Waals surface area contributed by atoms with Gasteiger partial charge in [0.25, 0.3) is 0 Å². The van der Waals surface area contributed by atoms with E-state index in [0.29, 0.717) is 0 Å². The Morgan fingerprint density at radius 1 is 0.958 bits per heavy atom. The summed E-state index contributed by atoms with van der Waals surface area (Å²) in [4.78, 5) is 26.7.